The Morgan fingerprint density at radius 1 is 1.50 bits per heavy atom. The third-order valence-corrected chi connectivity index (χ3v) is 2.19. The van der Waals surface area contributed by atoms with Gasteiger partial charge < -0.3 is 14.9 Å². The summed E-state index contributed by atoms with van der Waals surface area (Å²) in [7, 11) is 0. The average Bonchev–Trinajstić information content (AvgIpc) is 2.26. The number of aliphatic carboxylic acids is 1. The van der Waals surface area contributed by atoms with Crippen molar-refractivity contribution in [3.63, 3.8) is 0 Å². The molecule has 88 valence electrons. The van der Waals surface area contributed by atoms with Crippen LogP contribution in [0.25, 0.3) is 0 Å². The Morgan fingerprint density at radius 3 is 2.88 bits per heavy atom. The highest BCUT2D eigenvalue weighted by atomic mass is 16.5. The van der Waals surface area contributed by atoms with Crippen LogP contribution in [0.5, 0.6) is 5.75 Å². The highest BCUT2D eigenvalue weighted by Crippen LogP contribution is 2.22. The number of ether oxygens (including phenoxy) is 1. The first-order valence-electron chi connectivity index (χ1n) is 5.26. The lowest BCUT2D eigenvalue weighted by molar-refractivity contribution is -0.137. The van der Waals surface area contributed by atoms with Crippen molar-refractivity contribution in [1.29, 1.82) is 0 Å². The minimum absolute atomic E-state index is 0.0416. The number of rotatable bonds is 6. The molecule has 2 N–H and O–H groups in total. The maximum absolute atomic E-state index is 10.4. The fourth-order valence-electron chi connectivity index (χ4n) is 1.41. The van der Waals surface area contributed by atoms with Crippen LogP contribution in [0.2, 0.25) is 0 Å². The smallest absolute Gasteiger partial charge is 0.303 e. The molecule has 0 fully saturated rings. The second-order valence-corrected chi connectivity index (χ2v) is 3.45. The third-order valence-electron chi connectivity index (χ3n) is 2.19. The van der Waals surface area contributed by atoms with Gasteiger partial charge in [-0.05, 0) is 31.0 Å². The zero-order chi connectivity index (χ0) is 12.0. The fraction of sp³-hybridized carbons (Fsp3) is 0.417. The molecule has 0 bridgehead atoms. The fourth-order valence-corrected chi connectivity index (χ4v) is 1.41. The van der Waals surface area contributed by atoms with Gasteiger partial charge in [0.25, 0.3) is 0 Å². The van der Waals surface area contributed by atoms with E-state index in [1.165, 1.54) is 0 Å². The SMILES string of the molecule is CCOc1cccc(C(O)CCC(=O)O)c1. The molecule has 0 aliphatic rings. The van der Waals surface area contributed by atoms with Crippen LogP contribution in [-0.4, -0.2) is 22.8 Å². The lowest BCUT2D eigenvalue weighted by Gasteiger charge is -2.11. The lowest BCUT2D eigenvalue weighted by Crippen LogP contribution is -2.03. The quantitative estimate of drug-likeness (QED) is 0.775. The van der Waals surface area contributed by atoms with Crippen LogP contribution < -0.4 is 4.74 Å². The van der Waals surface area contributed by atoms with Gasteiger partial charge in [-0.1, -0.05) is 12.1 Å². The molecular weight excluding hydrogens is 208 g/mol. The molecule has 0 heterocycles. The van der Waals surface area contributed by atoms with Crippen molar-refractivity contribution >= 4 is 5.97 Å². The molecule has 1 rings (SSSR count). The first-order valence-corrected chi connectivity index (χ1v) is 5.26. The predicted molar refractivity (Wildman–Crippen MR) is 59.4 cm³/mol. The Bertz CT molecular complexity index is 349. The number of carboxylic acids is 1. The van der Waals surface area contributed by atoms with Crippen LogP contribution in [-0.2, 0) is 4.79 Å². The van der Waals surface area contributed by atoms with Gasteiger partial charge in [-0.25, -0.2) is 0 Å². The normalized spacial score (nSPS) is 12.1. The van der Waals surface area contributed by atoms with Crippen LogP contribution in [0.4, 0.5) is 0 Å². The highest BCUT2D eigenvalue weighted by Gasteiger charge is 2.10. The summed E-state index contributed by atoms with van der Waals surface area (Å²) in [5.41, 5.74) is 0.687. The maximum atomic E-state index is 10.4. The van der Waals surface area contributed by atoms with E-state index in [0.29, 0.717) is 17.9 Å². The molecule has 4 heteroatoms. The summed E-state index contributed by atoms with van der Waals surface area (Å²) < 4.78 is 5.29. The van der Waals surface area contributed by atoms with Crippen LogP contribution in [0.15, 0.2) is 24.3 Å². The van der Waals surface area contributed by atoms with Gasteiger partial charge in [-0.3, -0.25) is 4.79 Å². The third kappa shape index (κ3) is 3.90. The topological polar surface area (TPSA) is 66.8 Å². The van der Waals surface area contributed by atoms with Crippen molar-refractivity contribution in [3.05, 3.63) is 29.8 Å². The molecule has 16 heavy (non-hydrogen) atoms. The number of aliphatic hydroxyl groups excluding tert-OH is 1. The lowest BCUT2D eigenvalue weighted by atomic mass is 10.0. The molecule has 0 aliphatic heterocycles. The molecule has 1 aromatic carbocycles. The van der Waals surface area contributed by atoms with Gasteiger partial charge in [-0.15, -0.1) is 0 Å². The Balaban J connectivity index is 2.63. The van der Waals surface area contributed by atoms with Crippen LogP contribution >= 0.6 is 0 Å². The van der Waals surface area contributed by atoms with E-state index in [9.17, 15) is 9.90 Å². The van der Waals surface area contributed by atoms with E-state index >= 15 is 0 Å². The van der Waals surface area contributed by atoms with Crippen molar-refractivity contribution < 1.29 is 19.7 Å². The first-order chi connectivity index (χ1) is 7.63. The van der Waals surface area contributed by atoms with Crippen molar-refractivity contribution in [2.45, 2.75) is 25.9 Å². The van der Waals surface area contributed by atoms with Gasteiger partial charge in [0.05, 0.1) is 12.7 Å². The highest BCUT2D eigenvalue weighted by molar-refractivity contribution is 5.66. The summed E-state index contributed by atoms with van der Waals surface area (Å²) in [4.78, 5) is 10.4. The summed E-state index contributed by atoms with van der Waals surface area (Å²) in [6.07, 6.45) is -0.582. The van der Waals surface area contributed by atoms with Gasteiger partial charge in [0.1, 0.15) is 5.75 Å². The van der Waals surface area contributed by atoms with Gasteiger partial charge in [0, 0.05) is 6.42 Å². The molecule has 0 aliphatic carbocycles. The monoisotopic (exact) mass is 224 g/mol. The number of hydrogen-bond acceptors (Lipinski definition) is 3. The van der Waals surface area contributed by atoms with E-state index in [4.69, 9.17) is 9.84 Å². The molecule has 0 saturated carbocycles. The summed E-state index contributed by atoms with van der Waals surface area (Å²) in [6, 6.07) is 7.08. The zero-order valence-corrected chi connectivity index (χ0v) is 9.22. The second kappa shape index (κ2) is 6.12. The van der Waals surface area contributed by atoms with E-state index in [1.54, 1.807) is 24.3 Å². The number of hydrogen-bond donors (Lipinski definition) is 2. The maximum Gasteiger partial charge on any atom is 0.303 e. The number of benzene rings is 1. The zero-order valence-electron chi connectivity index (χ0n) is 9.22. The van der Waals surface area contributed by atoms with Crippen molar-refractivity contribution in [1.82, 2.24) is 0 Å². The minimum Gasteiger partial charge on any atom is -0.494 e. The molecule has 0 spiro atoms. The van der Waals surface area contributed by atoms with E-state index < -0.39 is 12.1 Å². The van der Waals surface area contributed by atoms with Crippen molar-refractivity contribution in [3.8, 4) is 5.75 Å². The molecule has 0 amide bonds. The molecule has 0 aromatic heterocycles. The largest absolute Gasteiger partial charge is 0.494 e. The number of carboxylic acid groups (broad SMARTS) is 1. The molecule has 0 radical (unpaired) electrons. The van der Waals surface area contributed by atoms with E-state index in [0.717, 1.165) is 0 Å². The summed E-state index contributed by atoms with van der Waals surface area (Å²) in [5.74, 6) is -0.214. The van der Waals surface area contributed by atoms with Gasteiger partial charge in [-0.2, -0.15) is 0 Å². The van der Waals surface area contributed by atoms with Crippen molar-refractivity contribution in [2.24, 2.45) is 0 Å². The second-order valence-electron chi connectivity index (χ2n) is 3.45. The standard InChI is InChI=1S/C12H16O4/c1-2-16-10-5-3-4-9(8-10)11(13)6-7-12(14)15/h3-5,8,11,13H,2,6-7H2,1H3,(H,14,15). The Labute approximate surface area is 94.5 Å². The first kappa shape index (κ1) is 12.5. The molecule has 4 nitrogen and oxygen atoms in total. The van der Waals surface area contributed by atoms with E-state index in [-0.39, 0.29) is 12.8 Å². The summed E-state index contributed by atoms with van der Waals surface area (Å²) in [5, 5.41) is 18.3. The Hall–Kier alpha value is -1.55. The number of carbonyl (C=O) groups is 1. The van der Waals surface area contributed by atoms with Gasteiger partial charge in [0.2, 0.25) is 0 Å². The summed E-state index contributed by atoms with van der Waals surface area (Å²) in [6.45, 7) is 2.45. The molecular formula is C12H16O4. The van der Waals surface area contributed by atoms with E-state index in [1.807, 2.05) is 6.92 Å². The Kier molecular flexibility index (Phi) is 4.79. The molecule has 0 saturated heterocycles. The number of aliphatic hydroxyl groups is 1. The molecule has 1 unspecified atom stereocenters. The van der Waals surface area contributed by atoms with Crippen LogP contribution in [0, 0.1) is 0 Å². The average molecular weight is 224 g/mol. The predicted octanol–water partition coefficient (Wildman–Crippen LogP) is 1.98. The molecule has 1 atom stereocenters. The molecule has 1 aromatic rings. The minimum atomic E-state index is -0.903. The summed E-state index contributed by atoms with van der Waals surface area (Å²) >= 11 is 0. The van der Waals surface area contributed by atoms with Crippen LogP contribution in [0.1, 0.15) is 31.4 Å². The van der Waals surface area contributed by atoms with Crippen LogP contribution in [0.3, 0.4) is 0 Å². The van der Waals surface area contributed by atoms with Crippen molar-refractivity contribution in [2.75, 3.05) is 6.61 Å². The van der Waals surface area contributed by atoms with E-state index in [2.05, 4.69) is 0 Å². The van der Waals surface area contributed by atoms with Gasteiger partial charge >= 0.3 is 5.97 Å². The Morgan fingerprint density at radius 2 is 2.25 bits per heavy atom. The van der Waals surface area contributed by atoms with Gasteiger partial charge in [0.15, 0.2) is 0 Å².